The Morgan fingerprint density at radius 3 is 2.67 bits per heavy atom. The first-order valence-electron chi connectivity index (χ1n) is 8.64. The summed E-state index contributed by atoms with van der Waals surface area (Å²) >= 11 is 0. The van der Waals surface area contributed by atoms with E-state index in [4.69, 9.17) is 21.5 Å². The second-order valence-electron chi connectivity index (χ2n) is 6.11. The number of pyridine rings is 1. The average Bonchev–Trinajstić information content (AvgIpc) is 2.74. The van der Waals surface area contributed by atoms with Crippen LogP contribution in [0, 0.1) is 22.8 Å². The SMILES string of the molecule is N#CNC1=NC(c2cccc(Oc3ncccn3)c2)c2c(nc(N)c(C#N)c2N)N1. The number of benzene rings is 1. The molecule has 1 aliphatic heterocycles. The number of nitriles is 2. The second-order valence-corrected chi connectivity index (χ2v) is 6.11. The van der Waals surface area contributed by atoms with Crippen LogP contribution in [0.2, 0.25) is 0 Å². The summed E-state index contributed by atoms with van der Waals surface area (Å²) in [6, 6.07) is 10.2. The molecule has 1 atom stereocenters. The summed E-state index contributed by atoms with van der Waals surface area (Å²) in [5.41, 5.74) is 13.5. The van der Waals surface area contributed by atoms with Crippen LogP contribution in [0.1, 0.15) is 22.7 Å². The number of nitrogen functional groups attached to an aromatic ring is 2. The Morgan fingerprint density at radius 1 is 1.13 bits per heavy atom. The third kappa shape index (κ3) is 3.34. The minimum Gasteiger partial charge on any atom is -0.424 e. The molecule has 0 fully saturated rings. The van der Waals surface area contributed by atoms with Crippen LogP contribution in [0.4, 0.5) is 17.3 Å². The molecule has 146 valence electrons. The Bertz CT molecular complexity index is 1230. The van der Waals surface area contributed by atoms with Crippen LogP contribution in [-0.2, 0) is 0 Å². The van der Waals surface area contributed by atoms with Crippen LogP contribution in [-0.4, -0.2) is 20.9 Å². The van der Waals surface area contributed by atoms with Gasteiger partial charge in [-0.1, -0.05) is 12.1 Å². The molecule has 11 heteroatoms. The van der Waals surface area contributed by atoms with Crippen LogP contribution in [0.25, 0.3) is 0 Å². The topological polar surface area (TPSA) is 184 Å². The normalized spacial score (nSPS) is 14.3. The third-order valence-corrected chi connectivity index (χ3v) is 4.28. The van der Waals surface area contributed by atoms with Gasteiger partial charge in [-0.2, -0.15) is 10.5 Å². The Hall–Kier alpha value is -4.90. The first kappa shape index (κ1) is 18.5. The fraction of sp³-hybridized carbons (Fsp3) is 0.0526. The van der Waals surface area contributed by atoms with Crippen molar-refractivity contribution in [3.8, 4) is 24.0 Å². The minimum absolute atomic E-state index is 0.0171. The number of anilines is 3. The molecule has 30 heavy (non-hydrogen) atoms. The number of ether oxygens (including phenoxy) is 1. The standard InChI is InChI=1S/C19H14N10O/c20-8-12-14(22)13-15(27-18(26-9-21)29-17(13)28-16(12)23)10-3-1-4-11(7-10)30-19-24-5-2-6-25-19/h1-7,15H,(H6,22,23,26,27,28,29). The van der Waals surface area contributed by atoms with Crippen molar-refractivity contribution in [2.45, 2.75) is 6.04 Å². The van der Waals surface area contributed by atoms with Crippen LogP contribution < -0.4 is 26.8 Å². The Balaban J connectivity index is 1.81. The number of aliphatic imine (C=N–C) groups is 1. The Labute approximate surface area is 170 Å². The highest BCUT2D eigenvalue weighted by Crippen LogP contribution is 2.41. The predicted molar refractivity (Wildman–Crippen MR) is 108 cm³/mol. The number of nitrogens with zero attached hydrogens (tertiary/aromatic N) is 6. The van der Waals surface area contributed by atoms with Gasteiger partial charge in [0.05, 0.1) is 5.69 Å². The summed E-state index contributed by atoms with van der Waals surface area (Å²) < 4.78 is 5.69. The number of nitrogens with one attached hydrogen (secondary N) is 2. The highest BCUT2D eigenvalue weighted by molar-refractivity contribution is 5.98. The van der Waals surface area contributed by atoms with Crippen molar-refractivity contribution in [1.82, 2.24) is 20.3 Å². The number of hydrogen-bond donors (Lipinski definition) is 4. The molecule has 0 aliphatic carbocycles. The molecule has 0 radical (unpaired) electrons. The summed E-state index contributed by atoms with van der Waals surface area (Å²) in [5.74, 6) is 0.936. The molecule has 4 rings (SSSR count). The second kappa shape index (κ2) is 7.61. The molecule has 0 spiro atoms. The van der Waals surface area contributed by atoms with E-state index in [0.29, 0.717) is 22.7 Å². The molecular weight excluding hydrogens is 384 g/mol. The maximum atomic E-state index is 9.41. The fourth-order valence-corrected chi connectivity index (χ4v) is 3.01. The van der Waals surface area contributed by atoms with E-state index >= 15 is 0 Å². The van der Waals surface area contributed by atoms with E-state index in [1.165, 1.54) is 0 Å². The van der Waals surface area contributed by atoms with Gasteiger partial charge >= 0.3 is 6.01 Å². The van der Waals surface area contributed by atoms with Crippen LogP contribution in [0.15, 0.2) is 47.7 Å². The zero-order valence-corrected chi connectivity index (χ0v) is 15.4. The Morgan fingerprint density at radius 2 is 1.93 bits per heavy atom. The molecule has 1 aliphatic rings. The molecule has 3 aromatic rings. The smallest absolute Gasteiger partial charge is 0.321 e. The highest BCUT2D eigenvalue weighted by Gasteiger charge is 2.29. The quantitative estimate of drug-likeness (QED) is 0.373. The largest absolute Gasteiger partial charge is 0.424 e. The first-order valence-corrected chi connectivity index (χ1v) is 8.64. The predicted octanol–water partition coefficient (Wildman–Crippen LogP) is 1.64. The van der Waals surface area contributed by atoms with Crippen molar-refractivity contribution in [1.29, 1.82) is 10.5 Å². The van der Waals surface area contributed by atoms with Gasteiger partial charge in [0, 0.05) is 18.0 Å². The summed E-state index contributed by atoms with van der Waals surface area (Å²) in [6.45, 7) is 0. The lowest BCUT2D eigenvalue weighted by Crippen LogP contribution is -2.32. The van der Waals surface area contributed by atoms with Gasteiger partial charge < -0.3 is 21.5 Å². The van der Waals surface area contributed by atoms with Gasteiger partial charge in [0.1, 0.15) is 35.1 Å². The van der Waals surface area contributed by atoms with Gasteiger partial charge in [-0.3, -0.25) is 5.32 Å². The minimum atomic E-state index is -0.669. The maximum absolute atomic E-state index is 9.41. The molecule has 11 nitrogen and oxygen atoms in total. The molecular formula is C19H14N10O. The number of hydrogen-bond acceptors (Lipinski definition) is 11. The van der Waals surface area contributed by atoms with E-state index in [0.717, 1.165) is 0 Å². The number of fused-ring (bicyclic) bond motifs is 1. The lowest BCUT2D eigenvalue weighted by molar-refractivity contribution is 0.441. The van der Waals surface area contributed by atoms with Crippen LogP contribution in [0.3, 0.4) is 0 Å². The van der Waals surface area contributed by atoms with Crippen LogP contribution in [0.5, 0.6) is 11.8 Å². The molecule has 0 bridgehead atoms. The lowest BCUT2D eigenvalue weighted by Gasteiger charge is -2.26. The first-order chi connectivity index (χ1) is 14.6. The van der Waals surface area contributed by atoms with Gasteiger partial charge in [0.15, 0.2) is 6.19 Å². The van der Waals surface area contributed by atoms with E-state index in [2.05, 4.69) is 30.6 Å². The number of nitrogens with two attached hydrogens (primary N) is 2. The summed E-state index contributed by atoms with van der Waals surface area (Å²) in [6.07, 6.45) is 4.95. The van der Waals surface area contributed by atoms with E-state index in [9.17, 15) is 5.26 Å². The zero-order valence-electron chi connectivity index (χ0n) is 15.4. The van der Waals surface area contributed by atoms with Gasteiger partial charge in [0.2, 0.25) is 5.96 Å². The van der Waals surface area contributed by atoms with Gasteiger partial charge in [-0.25, -0.2) is 19.9 Å². The van der Waals surface area contributed by atoms with Crippen LogP contribution >= 0.6 is 0 Å². The Kier molecular flexibility index (Phi) is 4.69. The summed E-state index contributed by atoms with van der Waals surface area (Å²) in [7, 11) is 0. The molecule has 0 saturated carbocycles. The zero-order chi connectivity index (χ0) is 21.1. The van der Waals surface area contributed by atoms with Crippen molar-refractivity contribution in [2.24, 2.45) is 4.99 Å². The summed E-state index contributed by atoms with van der Waals surface area (Å²) in [4.78, 5) is 16.8. The molecule has 1 aromatic carbocycles. The summed E-state index contributed by atoms with van der Waals surface area (Å²) in [5, 5.41) is 23.7. The van der Waals surface area contributed by atoms with Crippen molar-refractivity contribution in [3.05, 3.63) is 59.4 Å². The number of rotatable bonds is 3. The number of guanidine groups is 1. The molecule has 0 amide bonds. The van der Waals surface area contributed by atoms with E-state index < -0.39 is 6.04 Å². The molecule has 0 saturated heterocycles. The highest BCUT2D eigenvalue weighted by atomic mass is 16.5. The van der Waals surface area contributed by atoms with Crippen molar-refractivity contribution in [2.75, 3.05) is 16.8 Å². The van der Waals surface area contributed by atoms with Crippen molar-refractivity contribution >= 4 is 23.3 Å². The van der Waals surface area contributed by atoms with E-state index in [-0.39, 0.29) is 29.0 Å². The van der Waals surface area contributed by atoms with Gasteiger partial charge in [-0.15, -0.1) is 0 Å². The monoisotopic (exact) mass is 398 g/mol. The van der Waals surface area contributed by atoms with Gasteiger partial charge in [-0.05, 0) is 23.8 Å². The molecule has 3 heterocycles. The average molecular weight is 398 g/mol. The third-order valence-electron chi connectivity index (χ3n) is 4.28. The maximum Gasteiger partial charge on any atom is 0.321 e. The molecule has 2 aromatic heterocycles. The van der Waals surface area contributed by atoms with Crippen molar-refractivity contribution in [3.63, 3.8) is 0 Å². The molecule has 1 unspecified atom stereocenters. The number of aromatic nitrogens is 3. The molecule has 6 N–H and O–H groups in total. The van der Waals surface area contributed by atoms with Gasteiger partial charge in [0.25, 0.3) is 0 Å². The fourth-order valence-electron chi connectivity index (χ4n) is 3.01. The van der Waals surface area contributed by atoms with Crippen molar-refractivity contribution < 1.29 is 4.74 Å². The van der Waals surface area contributed by atoms with E-state index in [1.807, 2.05) is 18.3 Å². The van der Waals surface area contributed by atoms with E-state index in [1.54, 1.807) is 36.7 Å². The lowest BCUT2D eigenvalue weighted by atomic mass is 9.95.